The van der Waals surface area contributed by atoms with Gasteiger partial charge in [0.15, 0.2) is 15.6 Å². The van der Waals surface area contributed by atoms with Crippen LogP contribution in [0.25, 0.3) is 0 Å². The van der Waals surface area contributed by atoms with E-state index in [2.05, 4.69) is 0 Å². The average molecular weight is 274 g/mol. The molecule has 0 saturated heterocycles. The number of ketones is 1. The van der Waals surface area contributed by atoms with Gasteiger partial charge in [0.05, 0.1) is 12.7 Å². The molecule has 0 unspecified atom stereocenters. The van der Waals surface area contributed by atoms with Gasteiger partial charge in [-0.15, -0.1) is 0 Å². The summed E-state index contributed by atoms with van der Waals surface area (Å²) >= 11 is 0. The highest BCUT2D eigenvalue weighted by Crippen LogP contribution is 2.25. The fourth-order valence-corrected chi connectivity index (χ4v) is 1.75. The van der Waals surface area contributed by atoms with Gasteiger partial charge in [-0.3, -0.25) is 4.79 Å². The number of benzene rings is 1. The van der Waals surface area contributed by atoms with E-state index in [4.69, 9.17) is 4.74 Å². The molecule has 0 spiro atoms. The number of sulfone groups is 1. The Labute approximate surface area is 106 Å². The fraction of sp³-hybridized carbons (Fsp3) is 0.417. The van der Waals surface area contributed by atoms with Gasteiger partial charge in [-0.05, 0) is 26.0 Å². The number of hydrogen-bond acceptors (Lipinski definition) is 4. The van der Waals surface area contributed by atoms with Crippen LogP contribution < -0.4 is 4.74 Å². The summed E-state index contributed by atoms with van der Waals surface area (Å²) in [5, 5.41) is 0. The Kier molecular flexibility index (Phi) is 3.81. The van der Waals surface area contributed by atoms with Crippen molar-refractivity contribution < 1.29 is 22.3 Å². The average Bonchev–Trinajstić information content (AvgIpc) is 2.26. The lowest BCUT2D eigenvalue weighted by Crippen LogP contribution is -2.40. The second-order valence-electron chi connectivity index (χ2n) is 4.46. The molecule has 0 aliphatic rings. The summed E-state index contributed by atoms with van der Waals surface area (Å²) in [5.41, 5.74) is -0.258. The molecule has 1 rings (SSSR count). The van der Waals surface area contributed by atoms with E-state index < -0.39 is 26.2 Å². The Morgan fingerprint density at radius 1 is 1.33 bits per heavy atom. The minimum absolute atomic E-state index is 0.258. The first kappa shape index (κ1) is 14.6. The smallest absolute Gasteiger partial charge is 0.186 e. The Bertz CT molecular complexity index is 576. The van der Waals surface area contributed by atoms with E-state index >= 15 is 0 Å². The van der Waals surface area contributed by atoms with Gasteiger partial charge in [0.2, 0.25) is 0 Å². The third-order valence-corrected chi connectivity index (χ3v) is 4.93. The lowest BCUT2D eigenvalue weighted by atomic mass is 9.99. The van der Waals surface area contributed by atoms with Crippen LogP contribution in [0.2, 0.25) is 0 Å². The van der Waals surface area contributed by atoms with E-state index in [-0.39, 0.29) is 11.3 Å². The zero-order valence-electron chi connectivity index (χ0n) is 10.7. The highest BCUT2D eigenvalue weighted by molar-refractivity contribution is 7.92. The first-order valence-corrected chi connectivity index (χ1v) is 7.08. The molecule has 0 aromatic heterocycles. The Balaban J connectivity index is 3.28. The molecular formula is C12H15FO4S. The van der Waals surface area contributed by atoms with E-state index in [0.29, 0.717) is 0 Å². The summed E-state index contributed by atoms with van der Waals surface area (Å²) in [6.07, 6.45) is 0.951. The maximum atomic E-state index is 13.7. The second-order valence-corrected chi connectivity index (χ2v) is 7.02. The molecule has 0 amide bonds. The van der Waals surface area contributed by atoms with Crippen LogP contribution in [0.5, 0.6) is 5.75 Å². The summed E-state index contributed by atoms with van der Waals surface area (Å²) < 4.78 is 39.9. The van der Waals surface area contributed by atoms with Crippen LogP contribution in [0.3, 0.4) is 0 Å². The number of halogens is 1. The maximum Gasteiger partial charge on any atom is 0.186 e. The minimum atomic E-state index is -3.63. The highest BCUT2D eigenvalue weighted by Gasteiger charge is 2.39. The fourth-order valence-electron chi connectivity index (χ4n) is 1.30. The van der Waals surface area contributed by atoms with Crippen LogP contribution in [0, 0.1) is 5.82 Å². The quantitative estimate of drug-likeness (QED) is 0.786. The molecule has 6 heteroatoms. The molecule has 0 saturated carbocycles. The Morgan fingerprint density at radius 2 is 1.89 bits per heavy atom. The van der Waals surface area contributed by atoms with Crippen molar-refractivity contribution in [2.75, 3.05) is 13.4 Å². The van der Waals surface area contributed by atoms with Crippen LogP contribution in [0.15, 0.2) is 18.2 Å². The molecule has 18 heavy (non-hydrogen) atoms. The summed E-state index contributed by atoms with van der Waals surface area (Å²) in [5.74, 6) is -1.30. The predicted octanol–water partition coefficient (Wildman–Crippen LogP) is 1.84. The molecule has 0 radical (unpaired) electrons. The molecule has 1 aromatic carbocycles. The van der Waals surface area contributed by atoms with Crippen molar-refractivity contribution in [2.45, 2.75) is 18.6 Å². The topological polar surface area (TPSA) is 60.4 Å². The molecule has 0 heterocycles. The van der Waals surface area contributed by atoms with E-state index in [9.17, 15) is 17.6 Å². The van der Waals surface area contributed by atoms with Gasteiger partial charge >= 0.3 is 0 Å². The van der Waals surface area contributed by atoms with E-state index in [1.165, 1.54) is 33.1 Å². The first-order valence-electron chi connectivity index (χ1n) is 5.19. The van der Waals surface area contributed by atoms with Crippen molar-refractivity contribution in [1.29, 1.82) is 0 Å². The summed E-state index contributed by atoms with van der Waals surface area (Å²) in [7, 11) is -2.26. The zero-order valence-corrected chi connectivity index (χ0v) is 11.5. The third-order valence-electron chi connectivity index (χ3n) is 2.89. The van der Waals surface area contributed by atoms with E-state index in [0.717, 1.165) is 12.3 Å². The van der Waals surface area contributed by atoms with Gasteiger partial charge in [0, 0.05) is 12.3 Å². The number of Topliss-reactive ketones (excluding diaryl/α,β-unsaturated/α-hetero) is 1. The third kappa shape index (κ3) is 2.53. The van der Waals surface area contributed by atoms with Crippen LogP contribution >= 0.6 is 0 Å². The van der Waals surface area contributed by atoms with Gasteiger partial charge in [-0.25, -0.2) is 12.8 Å². The second kappa shape index (κ2) is 4.68. The molecule has 0 fully saturated rings. The lowest BCUT2D eigenvalue weighted by molar-refractivity contribution is 0.0950. The standard InChI is InChI=1S/C12H15FO4S/c1-12(2,18(4,15)16)11(14)9-6-5-8(17-3)7-10(9)13/h5-7H,1-4H3. The Morgan fingerprint density at radius 3 is 2.28 bits per heavy atom. The first-order chi connectivity index (χ1) is 8.11. The van der Waals surface area contributed by atoms with Gasteiger partial charge in [0.25, 0.3) is 0 Å². The normalized spacial score (nSPS) is 12.3. The van der Waals surface area contributed by atoms with Gasteiger partial charge in [-0.2, -0.15) is 0 Å². The number of ether oxygens (including phenoxy) is 1. The lowest BCUT2D eigenvalue weighted by Gasteiger charge is -2.21. The van der Waals surface area contributed by atoms with Crippen molar-refractivity contribution in [3.8, 4) is 5.75 Å². The largest absolute Gasteiger partial charge is 0.497 e. The van der Waals surface area contributed by atoms with Crippen molar-refractivity contribution in [3.63, 3.8) is 0 Å². The Hall–Kier alpha value is -1.43. The summed E-state index contributed by atoms with van der Waals surface area (Å²) in [4.78, 5) is 12.1. The van der Waals surface area contributed by atoms with E-state index in [1.807, 2.05) is 0 Å². The summed E-state index contributed by atoms with van der Waals surface area (Å²) in [6.45, 7) is 2.52. The van der Waals surface area contributed by atoms with Crippen LogP contribution in [-0.4, -0.2) is 32.3 Å². The molecule has 0 N–H and O–H groups in total. The minimum Gasteiger partial charge on any atom is -0.497 e. The number of hydrogen-bond donors (Lipinski definition) is 0. The van der Waals surface area contributed by atoms with Crippen molar-refractivity contribution in [1.82, 2.24) is 0 Å². The number of methoxy groups -OCH3 is 1. The molecule has 1 aromatic rings. The molecule has 0 aliphatic carbocycles. The summed E-state index contributed by atoms with van der Waals surface area (Å²) in [6, 6.07) is 3.68. The van der Waals surface area contributed by atoms with Gasteiger partial charge in [-0.1, -0.05) is 0 Å². The van der Waals surface area contributed by atoms with E-state index in [1.54, 1.807) is 0 Å². The van der Waals surface area contributed by atoms with Crippen LogP contribution in [0.1, 0.15) is 24.2 Å². The molecule has 0 aliphatic heterocycles. The SMILES string of the molecule is COc1ccc(C(=O)C(C)(C)S(C)(=O)=O)c(F)c1. The van der Waals surface area contributed by atoms with Crippen molar-refractivity contribution in [3.05, 3.63) is 29.6 Å². The van der Waals surface area contributed by atoms with Crippen LogP contribution in [0.4, 0.5) is 4.39 Å². The number of carbonyl (C=O) groups is 1. The molecule has 100 valence electrons. The van der Waals surface area contributed by atoms with Gasteiger partial charge in [0.1, 0.15) is 16.3 Å². The molecule has 0 bridgehead atoms. The number of carbonyl (C=O) groups excluding carboxylic acids is 1. The van der Waals surface area contributed by atoms with Crippen molar-refractivity contribution >= 4 is 15.6 Å². The van der Waals surface area contributed by atoms with Gasteiger partial charge < -0.3 is 4.74 Å². The number of rotatable bonds is 4. The molecule has 0 atom stereocenters. The molecular weight excluding hydrogens is 259 g/mol. The zero-order chi connectivity index (χ0) is 14.1. The highest BCUT2D eigenvalue weighted by atomic mass is 32.2. The predicted molar refractivity (Wildman–Crippen MR) is 66.2 cm³/mol. The van der Waals surface area contributed by atoms with Crippen LogP contribution in [-0.2, 0) is 9.84 Å². The van der Waals surface area contributed by atoms with Crippen molar-refractivity contribution in [2.24, 2.45) is 0 Å². The maximum absolute atomic E-state index is 13.7. The molecule has 4 nitrogen and oxygen atoms in total. The monoisotopic (exact) mass is 274 g/mol.